The van der Waals surface area contributed by atoms with E-state index >= 15 is 0 Å². The number of hydrogen-bond donors (Lipinski definition) is 1. The number of aliphatic hydroxyl groups is 1. The van der Waals surface area contributed by atoms with Gasteiger partial charge < -0.3 is 24.1 Å². The standard InChI is InChI=1S/C16H26O5/c1-16(2,3)13-10-12(18-4)11-14(19-5)15(13)21-9-8-20-7-6-17/h10-11,17H,6-9H2,1-5H3. The van der Waals surface area contributed by atoms with Gasteiger partial charge in [0.1, 0.15) is 12.4 Å². The summed E-state index contributed by atoms with van der Waals surface area (Å²) >= 11 is 0. The maximum atomic E-state index is 8.67. The van der Waals surface area contributed by atoms with E-state index in [1.807, 2.05) is 6.07 Å². The second-order valence-corrected chi connectivity index (χ2v) is 5.64. The van der Waals surface area contributed by atoms with Crippen molar-refractivity contribution in [2.24, 2.45) is 0 Å². The van der Waals surface area contributed by atoms with Crippen molar-refractivity contribution in [1.29, 1.82) is 0 Å². The smallest absolute Gasteiger partial charge is 0.165 e. The summed E-state index contributed by atoms with van der Waals surface area (Å²) in [6, 6.07) is 3.77. The molecule has 0 aliphatic rings. The van der Waals surface area contributed by atoms with Gasteiger partial charge in [-0.15, -0.1) is 0 Å². The van der Waals surface area contributed by atoms with Gasteiger partial charge in [-0.3, -0.25) is 0 Å². The fourth-order valence-electron chi connectivity index (χ4n) is 1.92. The molecule has 0 aliphatic heterocycles. The SMILES string of the molecule is COc1cc(OC)c(OCCOCCO)c(C(C)(C)C)c1. The van der Waals surface area contributed by atoms with Crippen LogP contribution < -0.4 is 14.2 Å². The van der Waals surface area contributed by atoms with Crippen molar-refractivity contribution in [2.75, 3.05) is 40.6 Å². The molecule has 0 amide bonds. The monoisotopic (exact) mass is 298 g/mol. The molecule has 0 spiro atoms. The Morgan fingerprint density at radius 1 is 1.00 bits per heavy atom. The van der Waals surface area contributed by atoms with Crippen LogP contribution in [0.4, 0.5) is 0 Å². The Kier molecular flexibility index (Phi) is 6.78. The predicted molar refractivity (Wildman–Crippen MR) is 81.6 cm³/mol. The minimum atomic E-state index is -0.108. The van der Waals surface area contributed by atoms with E-state index in [4.69, 9.17) is 24.1 Å². The molecule has 5 heteroatoms. The molecule has 0 saturated heterocycles. The molecule has 120 valence electrons. The van der Waals surface area contributed by atoms with Crippen LogP contribution in [0.15, 0.2) is 12.1 Å². The van der Waals surface area contributed by atoms with E-state index in [0.29, 0.717) is 31.3 Å². The molecule has 0 fully saturated rings. The van der Waals surface area contributed by atoms with Crippen LogP contribution in [0.5, 0.6) is 17.2 Å². The quantitative estimate of drug-likeness (QED) is 0.747. The van der Waals surface area contributed by atoms with E-state index in [2.05, 4.69) is 20.8 Å². The molecule has 0 bridgehead atoms. The zero-order valence-corrected chi connectivity index (χ0v) is 13.6. The van der Waals surface area contributed by atoms with Crippen LogP contribution >= 0.6 is 0 Å². The maximum Gasteiger partial charge on any atom is 0.165 e. The predicted octanol–water partition coefficient (Wildman–Crippen LogP) is 2.39. The lowest BCUT2D eigenvalue weighted by molar-refractivity contribution is 0.0694. The second kappa shape index (κ2) is 8.10. The van der Waals surface area contributed by atoms with E-state index < -0.39 is 0 Å². The Morgan fingerprint density at radius 3 is 2.24 bits per heavy atom. The summed E-state index contributed by atoms with van der Waals surface area (Å²) in [5, 5.41) is 8.67. The van der Waals surface area contributed by atoms with Crippen LogP contribution in [-0.2, 0) is 10.2 Å². The molecule has 1 rings (SSSR count). The lowest BCUT2D eigenvalue weighted by Crippen LogP contribution is -2.16. The van der Waals surface area contributed by atoms with Crippen molar-refractivity contribution >= 4 is 0 Å². The molecule has 21 heavy (non-hydrogen) atoms. The van der Waals surface area contributed by atoms with Gasteiger partial charge >= 0.3 is 0 Å². The zero-order valence-electron chi connectivity index (χ0n) is 13.6. The molecule has 1 N–H and O–H groups in total. The van der Waals surface area contributed by atoms with Crippen LogP contribution in [0.3, 0.4) is 0 Å². The Labute approximate surface area is 126 Å². The summed E-state index contributed by atoms with van der Waals surface area (Å²) < 4.78 is 21.8. The molecule has 0 atom stereocenters. The highest BCUT2D eigenvalue weighted by atomic mass is 16.5. The van der Waals surface area contributed by atoms with Crippen molar-refractivity contribution in [3.05, 3.63) is 17.7 Å². The van der Waals surface area contributed by atoms with Crippen LogP contribution in [0, 0.1) is 0 Å². The van der Waals surface area contributed by atoms with Crippen molar-refractivity contribution in [3.63, 3.8) is 0 Å². The van der Waals surface area contributed by atoms with Crippen molar-refractivity contribution < 1.29 is 24.1 Å². The van der Waals surface area contributed by atoms with E-state index in [-0.39, 0.29) is 12.0 Å². The van der Waals surface area contributed by atoms with Gasteiger partial charge in [0.25, 0.3) is 0 Å². The van der Waals surface area contributed by atoms with Gasteiger partial charge in [-0.1, -0.05) is 20.8 Å². The van der Waals surface area contributed by atoms with E-state index in [1.54, 1.807) is 20.3 Å². The summed E-state index contributed by atoms with van der Waals surface area (Å²) in [4.78, 5) is 0. The Balaban J connectivity index is 2.98. The molecule has 5 nitrogen and oxygen atoms in total. The van der Waals surface area contributed by atoms with Gasteiger partial charge in [0.15, 0.2) is 11.5 Å². The Morgan fingerprint density at radius 2 is 1.71 bits per heavy atom. The summed E-state index contributed by atoms with van der Waals surface area (Å²) in [7, 11) is 3.24. The van der Waals surface area contributed by atoms with Gasteiger partial charge in [0, 0.05) is 11.6 Å². The highest BCUT2D eigenvalue weighted by molar-refractivity contribution is 5.54. The Bertz CT molecular complexity index is 437. The average molecular weight is 298 g/mol. The number of benzene rings is 1. The molecule has 1 aromatic rings. The number of hydrogen-bond acceptors (Lipinski definition) is 5. The number of methoxy groups -OCH3 is 2. The molecular weight excluding hydrogens is 272 g/mol. The summed E-state index contributed by atoms with van der Waals surface area (Å²) in [6.07, 6.45) is 0. The number of aliphatic hydroxyl groups excluding tert-OH is 1. The zero-order chi connectivity index (χ0) is 15.9. The van der Waals surface area contributed by atoms with Crippen LogP contribution in [0.25, 0.3) is 0 Å². The number of rotatable bonds is 8. The first kappa shape index (κ1) is 17.6. The molecular formula is C16H26O5. The molecule has 0 saturated carbocycles. The first-order valence-corrected chi connectivity index (χ1v) is 7.02. The summed E-state index contributed by atoms with van der Waals surface area (Å²) in [5.41, 5.74) is 0.907. The highest BCUT2D eigenvalue weighted by Crippen LogP contribution is 2.41. The van der Waals surface area contributed by atoms with Crippen LogP contribution in [-0.4, -0.2) is 45.8 Å². The molecule has 0 heterocycles. The third-order valence-corrected chi connectivity index (χ3v) is 3.00. The number of ether oxygens (including phenoxy) is 4. The van der Waals surface area contributed by atoms with E-state index in [0.717, 1.165) is 11.3 Å². The third-order valence-electron chi connectivity index (χ3n) is 3.00. The molecule has 0 aliphatic carbocycles. The Hall–Kier alpha value is -1.46. The molecule has 1 aromatic carbocycles. The molecule has 0 radical (unpaired) electrons. The lowest BCUT2D eigenvalue weighted by Gasteiger charge is -2.25. The van der Waals surface area contributed by atoms with Gasteiger partial charge in [0.05, 0.1) is 34.0 Å². The first-order chi connectivity index (χ1) is 9.93. The molecule has 0 aromatic heterocycles. The van der Waals surface area contributed by atoms with Gasteiger partial charge in [-0.05, 0) is 11.5 Å². The van der Waals surface area contributed by atoms with Crippen molar-refractivity contribution in [1.82, 2.24) is 0 Å². The normalized spacial score (nSPS) is 11.3. The summed E-state index contributed by atoms with van der Waals surface area (Å²) in [6.45, 7) is 7.46. The van der Waals surface area contributed by atoms with Gasteiger partial charge in [-0.25, -0.2) is 0 Å². The summed E-state index contributed by atoms with van der Waals surface area (Å²) in [5.74, 6) is 2.08. The largest absolute Gasteiger partial charge is 0.497 e. The second-order valence-electron chi connectivity index (χ2n) is 5.64. The van der Waals surface area contributed by atoms with Crippen LogP contribution in [0.2, 0.25) is 0 Å². The average Bonchev–Trinajstić information content (AvgIpc) is 2.45. The molecule has 0 unspecified atom stereocenters. The van der Waals surface area contributed by atoms with E-state index in [9.17, 15) is 0 Å². The fraction of sp³-hybridized carbons (Fsp3) is 0.625. The van der Waals surface area contributed by atoms with Gasteiger partial charge in [-0.2, -0.15) is 0 Å². The minimum Gasteiger partial charge on any atom is -0.497 e. The minimum absolute atomic E-state index is 0.0130. The van der Waals surface area contributed by atoms with Crippen molar-refractivity contribution in [3.8, 4) is 17.2 Å². The first-order valence-electron chi connectivity index (χ1n) is 7.02. The lowest BCUT2D eigenvalue weighted by atomic mass is 9.86. The van der Waals surface area contributed by atoms with Gasteiger partial charge in [0.2, 0.25) is 0 Å². The topological polar surface area (TPSA) is 57.2 Å². The van der Waals surface area contributed by atoms with Crippen molar-refractivity contribution in [2.45, 2.75) is 26.2 Å². The fourth-order valence-corrected chi connectivity index (χ4v) is 1.92. The third kappa shape index (κ3) is 5.10. The van der Waals surface area contributed by atoms with Crippen LogP contribution in [0.1, 0.15) is 26.3 Å². The van der Waals surface area contributed by atoms with E-state index in [1.165, 1.54) is 0 Å². The highest BCUT2D eigenvalue weighted by Gasteiger charge is 2.23. The maximum absolute atomic E-state index is 8.67.